The molecule has 10 nitrogen and oxygen atoms in total. The molecule has 1 aliphatic rings. The highest BCUT2D eigenvalue weighted by Crippen LogP contribution is 2.32. The van der Waals surface area contributed by atoms with Crippen LogP contribution in [-0.2, 0) is 19.6 Å². The number of benzene rings is 2. The number of nitro groups is 1. The van der Waals surface area contributed by atoms with Crippen LogP contribution < -0.4 is 10.2 Å². The molecule has 0 fully saturated rings. The van der Waals surface area contributed by atoms with Gasteiger partial charge in [-0.15, -0.1) is 0 Å². The molecule has 1 aliphatic heterocycles. The standard InChI is InChI=1S/C20H22N4O6S/c1-13-11-19(25)21-15-7-4-5-8-17(15)23(13)20(26)12-22(3)31(29,30)18-10-6-9-16(14(18)2)24(27)28/h4-10,13H,11-12H2,1-3H3,(H,21,25)/t13-/m1/s1. The predicted molar refractivity (Wildman–Crippen MR) is 114 cm³/mol. The van der Waals surface area contributed by atoms with Crippen LogP contribution in [0, 0.1) is 17.0 Å². The van der Waals surface area contributed by atoms with E-state index in [0.717, 1.165) is 4.31 Å². The van der Waals surface area contributed by atoms with Gasteiger partial charge in [-0.3, -0.25) is 19.7 Å². The van der Waals surface area contributed by atoms with E-state index in [9.17, 15) is 28.1 Å². The molecule has 0 saturated heterocycles. The van der Waals surface area contributed by atoms with Crippen LogP contribution in [0.1, 0.15) is 18.9 Å². The molecule has 11 heteroatoms. The van der Waals surface area contributed by atoms with Crippen LogP contribution in [0.5, 0.6) is 0 Å². The van der Waals surface area contributed by atoms with Gasteiger partial charge in [-0.2, -0.15) is 4.31 Å². The van der Waals surface area contributed by atoms with Gasteiger partial charge in [0.2, 0.25) is 21.8 Å². The second-order valence-corrected chi connectivity index (χ2v) is 9.31. The van der Waals surface area contributed by atoms with E-state index in [1.807, 2.05) is 0 Å². The average Bonchev–Trinajstić information content (AvgIpc) is 2.81. The minimum absolute atomic E-state index is 0.00455. The third-order valence-electron chi connectivity index (χ3n) is 5.13. The van der Waals surface area contributed by atoms with Crippen molar-refractivity contribution in [2.45, 2.75) is 31.2 Å². The molecule has 1 heterocycles. The number of anilines is 2. The van der Waals surface area contributed by atoms with Gasteiger partial charge in [0.1, 0.15) is 0 Å². The number of fused-ring (bicyclic) bond motifs is 1. The Morgan fingerprint density at radius 3 is 2.61 bits per heavy atom. The molecule has 0 aromatic heterocycles. The molecule has 0 spiro atoms. The summed E-state index contributed by atoms with van der Waals surface area (Å²) in [6.07, 6.45) is 0.0564. The van der Waals surface area contributed by atoms with Crippen molar-refractivity contribution >= 4 is 38.9 Å². The first kappa shape index (κ1) is 22.4. The van der Waals surface area contributed by atoms with Crippen molar-refractivity contribution in [3.05, 3.63) is 58.1 Å². The Balaban J connectivity index is 1.92. The number of nitrogens with zero attached hydrogens (tertiary/aromatic N) is 3. The summed E-state index contributed by atoms with van der Waals surface area (Å²) in [5.41, 5.74) is 0.615. The number of sulfonamides is 1. The van der Waals surface area contributed by atoms with E-state index in [1.54, 1.807) is 31.2 Å². The lowest BCUT2D eigenvalue weighted by Crippen LogP contribution is -2.45. The summed E-state index contributed by atoms with van der Waals surface area (Å²) in [6, 6.07) is 10.1. The second kappa shape index (κ2) is 8.44. The minimum Gasteiger partial charge on any atom is -0.324 e. The number of para-hydroxylation sites is 2. The molecule has 3 rings (SSSR count). The first-order valence-corrected chi connectivity index (χ1v) is 10.9. The van der Waals surface area contributed by atoms with Gasteiger partial charge in [-0.05, 0) is 32.0 Å². The van der Waals surface area contributed by atoms with E-state index < -0.39 is 33.4 Å². The first-order valence-electron chi connectivity index (χ1n) is 9.45. The molecule has 0 radical (unpaired) electrons. The maximum atomic E-state index is 13.2. The Kier molecular flexibility index (Phi) is 6.09. The van der Waals surface area contributed by atoms with E-state index in [-0.39, 0.29) is 28.5 Å². The summed E-state index contributed by atoms with van der Waals surface area (Å²) >= 11 is 0. The van der Waals surface area contributed by atoms with Crippen molar-refractivity contribution in [2.75, 3.05) is 23.8 Å². The summed E-state index contributed by atoms with van der Waals surface area (Å²) in [6.45, 7) is 2.56. The molecule has 2 aromatic carbocycles. The number of hydrogen-bond acceptors (Lipinski definition) is 6. The Morgan fingerprint density at radius 2 is 1.94 bits per heavy atom. The van der Waals surface area contributed by atoms with Gasteiger partial charge in [0.25, 0.3) is 5.69 Å². The zero-order valence-corrected chi connectivity index (χ0v) is 18.0. The largest absolute Gasteiger partial charge is 0.324 e. The van der Waals surface area contributed by atoms with E-state index in [1.165, 1.54) is 37.1 Å². The zero-order chi connectivity index (χ0) is 22.9. The summed E-state index contributed by atoms with van der Waals surface area (Å²) in [4.78, 5) is 36.9. The number of carbonyl (C=O) groups is 2. The summed E-state index contributed by atoms with van der Waals surface area (Å²) in [5.74, 6) is -0.769. The molecular formula is C20H22N4O6S. The number of nitrogens with one attached hydrogen (secondary N) is 1. The second-order valence-electron chi connectivity index (χ2n) is 7.30. The zero-order valence-electron chi connectivity index (χ0n) is 17.2. The Hall–Kier alpha value is -3.31. The fraction of sp³-hybridized carbons (Fsp3) is 0.300. The molecule has 2 aromatic rings. The van der Waals surface area contributed by atoms with Crippen molar-refractivity contribution in [3.8, 4) is 0 Å². The maximum Gasteiger partial charge on any atom is 0.273 e. The van der Waals surface area contributed by atoms with Crippen LogP contribution in [0.2, 0.25) is 0 Å². The third kappa shape index (κ3) is 4.28. The highest BCUT2D eigenvalue weighted by atomic mass is 32.2. The van der Waals surface area contributed by atoms with Gasteiger partial charge >= 0.3 is 0 Å². The number of rotatable bonds is 5. The lowest BCUT2D eigenvalue weighted by molar-refractivity contribution is -0.385. The van der Waals surface area contributed by atoms with Crippen LogP contribution in [0.25, 0.3) is 0 Å². The average molecular weight is 446 g/mol. The lowest BCUT2D eigenvalue weighted by atomic mass is 10.1. The van der Waals surface area contributed by atoms with Crippen molar-refractivity contribution < 1.29 is 22.9 Å². The Bertz CT molecular complexity index is 1160. The normalized spacial score (nSPS) is 16.5. The first-order chi connectivity index (χ1) is 14.5. The van der Waals surface area contributed by atoms with Gasteiger partial charge in [0.15, 0.2) is 0 Å². The number of carbonyl (C=O) groups excluding carboxylic acids is 2. The summed E-state index contributed by atoms with van der Waals surface area (Å²) in [7, 11) is -2.94. The van der Waals surface area contributed by atoms with Crippen molar-refractivity contribution in [1.82, 2.24) is 4.31 Å². The minimum atomic E-state index is -4.18. The van der Waals surface area contributed by atoms with Gasteiger partial charge in [0, 0.05) is 31.1 Å². The van der Waals surface area contributed by atoms with Crippen molar-refractivity contribution in [1.29, 1.82) is 0 Å². The smallest absolute Gasteiger partial charge is 0.273 e. The van der Waals surface area contributed by atoms with Crippen LogP contribution in [0.3, 0.4) is 0 Å². The summed E-state index contributed by atoms with van der Waals surface area (Å²) in [5, 5.41) is 13.9. The van der Waals surface area contributed by atoms with Crippen LogP contribution in [0.15, 0.2) is 47.4 Å². The van der Waals surface area contributed by atoms with Crippen LogP contribution >= 0.6 is 0 Å². The predicted octanol–water partition coefficient (Wildman–Crippen LogP) is 2.29. The third-order valence-corrected chi connectivity index (χ3v) is 7.07. The highest BCUT2D eigenvalue weighted by Gasteiger charge is 2.33. The van der Waals surface area contributed by atoms with Crippen LogP contribution in [0.4, 0.5) is 17.1 Å². The van der Waals surface area contributed by atoms with Crippen molar-refractivity contribution in [2.24, 2.45) is 0 Å². The summed E-state index contributed by atoms with van der Waals surface area (Å²) < 4.78 is 27.0. The molecule has 0 unspecified atom stereocenters. The van der Waals surface area contributed by atoms with Gasteiger partial charge in [0.05, 0.1) is 27.7 Å². The van der Waals surface area contributed by atoms with Gasteiger partial charge in [-0.25, -0.2) is 8.42 Å². The molecule has 31 heavy (non-hydrogen) atoms. The van der Waals surface area contributed by atoms with Gasteiger partial charge < -0.3 is 10.2 Å². The number of likely N-dealkylation sites (N-methyl/N-ethyl adjacent to an activating group) is 1. The highest BCUT2D eigenvalue weighted by molar-refractivity contribution is 7.89. The Morgan fingerprint density at radius 1 is 1.26 bits per heavy atom. The number of nitro benzene ring substituents is 1. The SMILES string of the molecule is Cc1c([N+](=O)[O-])cccc1S(=O)(=O)N(C)CC(=O)N1c2ccccc2NC(=O)C[C@H]1C. The lowest BCUT2D eigenvalue weighted by Gasteiger charge is -2.29. The van der Waals surface area contributed by atoms with E-state index >= 15 is 0 Å². The van der Waals surface area contributed by atoms with Gasteiger partial charge in [-0.1, -0.05) is 18.2 Å². The van der Waals surface area contributed by atoms with Crippen LogP contribution in [-0.4, -0.2) is 49.1 Å². The molecule has 0 aliphatic carbocycles. The number of hydrogen-bond donors (Lipinski definition) is 1. The topological polar surface area (TPSA) is 130 Å². The molecule has 1 atom stereocenters. The number of amides is 2. The van der Waals surface area contributed by atoms with E-state index in [4.69, 9.17) is 0 Å². The monoisotopic (exact) mass is 446 g/mol. The molecule has 2 amide bonds. The molecule has 0 saturated carbocycles. The maximum absolute atomic E-state index is 13.2. The molecule has 0 bridgehead atoms. The van der Waals surface area contributed by atoms with E-state index in [2.05, 4.69) is 5.32 Å². The quantitative estimate of drug-likeness (QED) is 0.554. The molecule has 164 valence electrons. The molecule has 1 N–H and O–H groups in total. The van der Waals surface area contributed by atoms with Crippen molar-refractivity contribution in [3.63, 3.8) is 0 Å². The molecular weight excluding hydrogens is 424 g/mol. The van der Waals surface area contributed by atoms with E-state index in [0.29, 0.717) is 11.4 Å². The Labute approximate surface area is 179 Å². The fourth-order valence-corrected chi connectivity index (χ4v) is 4.93. The fourth-order valence-electron chi connectivity index (χ4n) is 3.57.